The van der Waals surface area contributed by atoms with E-state index in [0.29, 0.717) is 5.92 Å². The number of aliphatic carboxylic acids is 1. The fraction of sp³-hybridized carbons (Fsp3) is 0.667. The highest BCUT2D eigenvalue weighted by molar-refractivity contribution is 5.88. The monoisotopic (exact) mass is 398 g/mol. The number of carboxylic acids is 1. The number of fused-ring (bicyclic) bond motifs is 1. The van der Waals surface area contributed by atoms with Crippen molar-refractivity contribution in [3.05, 3.63) is 29.3 Å². The maximum absolute atomic E-state index is 13.0. The van der Waals surface area contributed by atoms with E-state index in [-0.39, 0.29) is 31.0 Å². The predicted octanol–water partition coefficient (Wildman–Crippen LogP) is 3.50. The Balaban J connectivity index is 1.61. The first-order valence-electron chi connectivity index (χ1n) is 11.0. The third-order valence-corrected chi connectivity index (χ3v) is 8.47. The first kappa shape index (κ1) is 19.1. The zero-order valence-electron chi connectivity index (χ0n) is 17.0. The molecule has 0 aromatic heterocycles. The third-order valence-electron chi connectivity index (χ3n) is 8.47. The lowest BCUT2D eigenvalue weighted by molar-refractivity contribution is -0.184. The molecule has 0 aliphatic heterocycles. The molecule has 0 saturated heterocycles. The highest BCUT2D eigenvalue weighted by Crippen LogP contribution is 2.64. The van der Waals surface area contributed by atoms with Crippen LogP contribution in [-0.2, 0) is 21.4 Å². The minimum absolute atomic E-state index is 0.00728. The molecule has 0 heterocycles. The maximum Gasteiger partial charge on any atom is 0.304 e. The predicted molar refractivity (Wildman–Crippen MR) is 107 cm³/mol. The lowest BCUT2D eigenvalue weighted by Crippen LogP contribution is -2.68. The van der Waals surface area contributed by atoms with Crippen molar-refractivity contribution in [3.8, 4) is 5.75 Å². The summed E-state index contributed by atoms with van der Waals surface area (Å²) in [6.07, 6.45) is 6.73. The van der Waals surface area contributed by atoms with Gasteiger partial charge in [0.15, 0.2) is 0 Å². The van der Waals surface area contributed by atoms with Gasteiger partial charge in [-0.25, -0.2) is 0 Å². The number of ether oxygens (including phenoxy) is 1. The standard InChI is InChI=1S/C24H30O5/c1-29-18-5-4-15-9-20-16(8-14-2-3-14)6-7-23(19(15)11-18)13-21(25)17(10-22(26)27)12-24(20,23)28/h4-5,11,14,16-17,20,28H,2-3,6-10,12-13H2,1H3,(H,26,27)/t16?,17-,20-,23+,24+/m0/s1. The van der Waals surface area contributed by atoms with E-state index in [9.17, 15) is 19.8 Å². The van der Waals surface area contributed by atoms with Gasteiger partial charge in [-0.05, 0) is 73.1 Å². The molecule has 1 unspecified atom stereocenters. The van der Waals surface area contributed by atoms with Crippen LogP contribution in [0.2, 0.25) is 0 Å². The molecule has 1 aromatic rings. The molecular formula is C24H30O5. The number of carbonyl (C=O) groups is 2. The zero-order chi connectivity index (χ0) is 20.4. The summed E-state index contributed by atoms with van der Waals surface area (Å²) in [7, 11) is 1.64. The molecule has 2 bridgehead atoms. The highest BCUT2D eigenvalue weighted by Gasteiger charge is 2.66. The van der Waals surface area contributed by atoms with Gasteiger partial charge in [0.2, 0.25) is 0 Å². The molecule has 2 N–H and O–H groups in total. The molecule has 1 aromatic carbocycles. The molecule has 0 radical (unpaired) electrons. The van der Waals surface area contributed by atoms with Crippen LogP contribution in [0.1, 0.15) is 62.5 Å². The summed E-state index contributed by atoms with van der Waals surface area (Å²) >= 11 is 0. The fourth-order valence-corrected chi connectivity index (χ4v) is 6.92. The molecule has 3 fully saturated rings. The lowest BCUT2D eigenvalue weighted by atomic mass is 9.42. The van der Waals surface area contributed by atoms with Crippen LogP contribution < -0.4 is 4.74 Å². The second-order valence-corrected chi connectivity index (χ2v) is 9.96. The SMILES string of the molecule is COc1ccc2c(c1)[C@]13CCC(CC4CC4)[C@H](C2)[C@]1(O)C[C@H](CC(=O)O)C(=O)C3. The van der Waals surface area contributed by atoms with Crippen molar-refractivity contribution in [2.75, 3.05) is 7.11 Å². The van der Waals surface area contributed by atoms with Crippen LogP contribution in [0.4, 0.5) is 0 Å². The summed E-state index contributed by atoms with van der Waals surface area (Å²) in [5, 5.41) is 21.6. The van der Waals surface area contributed by atoms with E-state index in [1.165, 1.54) is 18.4 Å². The van der Waals surface area contributed by atoms with E-state index in [1.54, 1.807) is 7.11 Å². The Hall–Kier alpha value is -1.88. The number of hydrogen-bond donors (Lipinski definition) is 2. The van der Waals surface area contributed by atoms with E-state index >= 15 is 0 Å². The van der Waals surface area contributed by atoms with Crippen molar-refractivity contribution in [1.82, 2.24) is 0 Å². The first-order chi connectivity index (χ1) is 13.9. The number of benzene rings is 1. The number of carboxylic acid groups (broad SMARTS) is 1. The van der Waals surface area contributed by atoms with Gasteiger partial charge in [0.1, 0.15) is 11.5 Å². The molecule has 156 valence electrons. The van der Waals surface area contributed by atoms with Gasteiger partial charge in [-0.15, -0.1) is 0 Å². The fourth-order valence-electron chi connectivity index (χ4n) is 6.92. The Morgan fingerprint density at radius 1 is 1.28 bits per heavy atom. The van der Waals surface area contributed by atoms with Crippen LogP contribution in [0.5, 0.6) is 5.75 Å². The van der Waals surface area contributed by atoms with Crippen molar-refractivity contribution >= 4 is 11.8 Å². The van der Waals surface area contributed by atoms with Crippen LogP contribution in [0, 0.1) is 23.7 Å². The Kier molecular flexibility index (Phi) is 4.32. The van der Waals surface area contributed by atoms with Gasteiger partial charge in [0, 0.05) is 17.8 Å². The Bertz CT molecular complexity index is 859. The number of Topliss-reactive ketones (excluding diaryl/α,β-unsaturated/α-hetero) is 1. The normalized spacial score (nSPS) is 38.1. The largest absolute Gasteiger partial charge is 0.497 e. The topological polar surface area (TPSA) is 83.8 Å². The summed E-state index contributed by atoms with van der Waals surface area (Å²) in [5.41, 5.74) is 0.664. The average Bonchev–Trinajstić information content (AvgIpc) is 3.48. The molecule has 29 heavy (non-hydrogen) atoms. The second-order valence-electron chi connectivity index (χ2n) is 9.96. The maximum atomic E-state index is 13.0. The first-order valence-corrected chi connectivity index (χ1v) is 11.0. The summed E-state index contributed by atoms with van der Waals surface area (Å²) in [4.78, 5) is 24.4. The van der Waals surface area contributed by atoms with Crippen LogP contribution >= 0.6 is 0 Å². The smallest absolute Gasteiger partial charge is 0.304 e. The van der Waals surface area contributed by atoms with Crippen molar-refractivity contribution in [1.29, 1.82) is 0 Å². The average molecular weight is 398 g/mol. The van der Waals surface area contributed by atoms with Crippen molar-refractivity contribution in [2.24, 2.45) is 23.7 Å². The Labute approximate surface area is 171 Å². The molecule has 5 nitrogen and oxygen atoms in total. The minimum atomic E-state index is -1.02. The van der Waals surface area contributed by atoms with Crippen LogP contribution in [-0.4, -0.2) is 34.7 Å². The molecule has 0 amide bonds. The summed E-state index contributed by atoms with van der Waals surface area (Å²) in [5.74, 6) is 0.539. The van der Waals surface area contributed by atoms with Gasteiger partial charge in [0.25, 0.3) is 0 Å². The Morgan fingerprint density at radius 3 is 2.76 bits per heavy atom. The number of hydrogen-bond acceptors (Lipinski definition) is 4. The number of carbonyl (C=O) groups excluding carboxylic acids is 1. The lowest BCUT2D eigenvalue weighted by Gasteiger charge is -2.63. The summed E-state index contributed by atoms with van der Waals surface area (Å²) in [6, 6.07) is 6.10. The van der Waals surface area contributed by atoms with Gasteiger partial charge < -0.3 is 14.9 Å². The van der Waals surface area contributed by atoms with Gasteiger partial charge in [-0.3, -0.25) is 9.59 Å². The number of rotatable bonds is 5. The number of aliphatic hydroxyl groups is 1. The van der Waals surface area contributed by atoms with Crippen molar-refractivity contribution < 1.29 is 24.5 Å². The van der Waals surface area contributed by atoms with Crippen molar-refractivity contribution in [3.63, 3.8) is 0 Å². The summed E-state index contributed by atoms with van der Waals surface area (Å²) in [6.45, 7) is 0. The number of methoxy groups -OCH3 is 1. The van der Waals surface area contributed by atoms with Gasteiger partial charge >= 0.3 is 5.97 Å². The third kappa shape index (κ3) is 2.84. The van der Waals surface area contributed by atoms with E-state index in [1.807, 2.05) is 12.1 Å². The molecule has 3 saturated carbocycles. The van der Waals surface area contributed by atoms with Crippen LogP contribution in [0.25, 0.3) is 0 Å². The molecule has 5 atom stereocenters. The van der Waals surface area contributed by atoms with Crippen LogP contribution in [0.3, 0.4) is 0 Å². The molecule has 0 spiro atoms. The second kappa shape index (κ2) is 6.56. The molecule has 5 heteroatoms. The minimum Gasteiger partial charge on any atom is -0.497 e. The zero-order valence-corrected chi connectivity index (χ0v) is 17.0. The summed E-state index contributed by atoms with van der Waals surface area (Å²) < 4.78 is 5.47. The van der Waals surface area contributed by atoms with Crippen LogP contribution in [0.15, 0.2) is 18.2 Å². The van der Waals surface area contributed by atoms with Crippen molar-refractivity contribution in [2.45, 2.75) is 68.8 Å². The molecular weight excluding hydrogens is 368 g/mol. The highest BCUT2D eigenvalue weighted by atomic mass is 16.5. The molecule has 5 rings (SSSR count). The van der Waals surface area contributed by atoms with Gasteiger partial charge in [0.05, 0.1) is 19.1 Å². The van der Waals surface area contributed by atoms with Gasteiger partial charge in [-0.1, -0.05) is 18.9 Å². The molecule has 4 aliphatic rings. The molecule has 4 aliphatic carbocycles. The quantitative estimate of drug-likeness (QED) is 0.793. The number of ketones is 1. The Morgan fingerprint density at radius 2 is 2.07 bits per heavy atom. The van der Waals surface area contributed by atoms with Gasteiger partial charge in [-0.2, -0.15) is 0 Å². The van der Waals surface area contributed by atoms with E-state index < -0.39 is 22.9 Å². The van der Waals surface area contributed by atoms with E-state index in [0.717, 1.165) is 42.9 Å². The van der Waals surface area contributed by atoms with E-state index in [4.69, 9.17) is 4.74 Å². The van der Waals surface area contributed by atoms with E-state index in [2.05, 4.69) is 6.07 Å².